The zero-order chi connectivity index (χ0) is 17.1. The van der Waals surface area contributed by atoms with Crippen LogP contribution in [0.4, 0.5) is 4.39 Å². The van der Waals surface area contributed by atoms with Crippen molar-refractivity contribution in [2.24, 2.45) is 0 Å². The van der Waals surface area contributed by atoms with E-state index in [0.29, 0.717) is 18.0 Å². The van der Waals surface area contributed by atoms with Gasteiger partial charge in [-0.3, -0.25) is 4.79 Å². The molecular formula is C18H23FN4O. The van der Waals surface area contributed by atoms with Gasteiger partial charge in [-0.15, -0.1) is 0 Å². The van der Waals surface area contributed by atoms with E-state index >= 15 is 0 Å². The van der Waals surface area contributed by atoms with Crippen molar-refractivity contribution >= 4 is 5.91 Å². The summed E-state index contributed by atoms with van der Waals surface area (Å²) in [4.78, 5) is 14.8. The predicted octanol–water partition coefficient (Wildman–Crippen LogP) is 2.40. The van der Waals surface area contributed by atoms with Crippen LogP contribution in [0, 0.1) is 5.82 Å². The van der Waals surface area contributed by atoms with Gasteiger partial charge in [-0.1, -0.05) is 6.92 Å². The van der Waals surface area contributed by atoms with Crippen LogP contribution in [0.25, 0.3) is 5.69 Å². The average molecular weight is 330 g/mol. The molecule has 128 valence electrons. The van der Waals surface area contributed by atoms with Gasteiger partial charge in [0.2, 0.25) is 0 Å². The first kappa shape index (κ1) is 16.6. The van der Waals surface area contributed by atoms with Crippen LogP contribution in [0.1, 0.15) is 35.8 Å². The molecule has 0 aliphatic carbocycles. The maximum Gasteiger partial charge on any atom is 0.257 e. The normalized spacial score (nSPS) is 15.7. The summed E-state index contributed by atoms with van der Waals surface area (Å²) in [6, 6.07) is 6.64. The predicted molar refractivity (Wildman–Crippen MR) is 90.9 cm³/mol. The van der Waals surface area contributed by atoms with E-state index in [-0.39, 0.29) is 11.7 Å². The standard InChI is InChI=1S/C18H23FN4O/c1-3-17-16(18(24)22-10-8-14(20-2)9-11-22)12-21-23(17)15-6-4-13(19)5-7-15/h4-7,12,14,20H,3,8-11H2,1-2H3. The van der Waals surface area contributed by atoms with Crippen molar-refractivity contribution in [2.45, 2.75) is 32.2 Å². The fourth-order valence-electron chi connectivity index (χ4n) is 3.24. The van der Waals surface area contributed by atoms with Gasteiger partial charge in [-0.2, -0.15) is 5.10 Å². The third-order valence-electron chi connectivity index (χ3n) is 4.70. The van der Waals surface area contributed by atoms with E-state index in [1.54, 1.807) is 23.0 Å². The number of aromatic nitrogens is 2. The largest absolute Gasteiger partial charge is 0.338 e. The van der Waals surface area contributed by atoms with Crippen molar-refractivity contribution in [3.05, 3.63) is 47.5 Å². The molecule has 2 aromatic rings. The van der Waals surface area contributed by atoms with Gasteiger partial charge < -0.3 is 10.2 Å². The lowest BCUT2D eigenvalue weighted by Gasteiger charge is -2.31. The summed E-state index contributed by atoms with van der Waals surface area (Å²) >= 11 is 0. The summed E-state index contributed by atoms with van der Waals surface area (Å²) in [5.74, 6) is -0.248. The number of rotatable bonds is 4. The highest BCUT2D eigenvalue weighted by Gasteiger charge is 2.26. The van der Waals surface area contributed by atoms with Gasteiger partial charge in [0.15, 0.2) is 0 Å². The monoisotopic (exact) mass is 330 g/mol. The number of carbonyl (C=O) groups is 1. The maximum atomic E-state index is 13.1. The first-order valence-electron chi connectivity index (χ1n) is 8.43. The minimum atomic E-state index is -0.285. The molecule has 1 aliphatic rings. The van der Waals surface area contributed by atoms with Gasteiger partial charge in [0.25, 0.3) is 5.91 Å². The number of likely N-dealkylation sites (tertiary alicyclic amines) is 1. The molecule has 1 aromatic heterocycles. The molecule has 3 rings (SSSR count). The van der Waals surface area contributed by atoms with Gasteiger partial charge in [-0.25, -0.2) is 9.07 Å². The zero-order valence-corrected chi connectivity index (χ0v) is 14.1. The maximum absolute atomic E-state index is 13.1. The zero-order valence-electron chi connectivity index (χ0n) is 14.1. The Morgan fingerprint density at radius 1 is 1.29 bits per heavy atom. The van der Waals surface area contributed by atoms with Crippen LogP contribution >= 0.6 is 0 Å². The van der Waals surface area contributed by atoms with E-state index in [0.717, 1.165) is 37.3 Å². The van der Waals surface area contributed by atoms with Gasteiger partial charge in [-0.05, 0) is 50.6 Å². The molecule has 0 bridgehead atoms. The van der Waals surface area contributed by atoms with Crippen LogP contribution in [0.2, 0.25) is 0 Å². The lowest BCUT2D eigenvalue weighted by molar-refractivity contribution is 0.0706. The summed E-state index contributed by atoms with van der Waals surface area (Å²) in [6.07, 6.45) is 4.26. The highest BCUT2D eigenvalue weighted by atomic mass is 19.1. The second-order valence-corrected chi connectivity index (χ2v) is 6.10. The molecule has 5 nitrogen and oxygen atoms in total. The van der Waals surface area contributed by atoms with Crippen molar-refractivity contribution in [3.63, 3.8) is 0 Å². The first-order chi connectivity index (χ1) is 11.6. The second-order valence-electron chi connectivity index (χ2n) is 6.10. The number of nitrogens with one attached hydrogen (secondary N) is 1. The number of halogens is 1. The number of carbonyl (C=O) groups excluding carboxylic acids is 1. The summed E-state index contributed by atoms with van der Waals surface area (Å²) in [6.45, 7) is 3.52. The van der Waals surface area contributed by atoms with Crippen molar-refractivity contribution < 1.29 is 9.18 Å². The SMILES string of the molecule is CCc1c(C(=O)N2CCC(NC)CC2)cnn1-c1ccc(F)cc1. The summed E-state index contributed by atoms with van der Waals surface area (Å²) in [7, 11) is 1.96. The van der Waals surface area contributed by atoms with Crippen molar-refractivity contribution in [2.75, 3.05) is 20.1 Å². The number of benzene rings is 1. The Balaban J connectivity index is 1.84. The Kier molecular flexibility index (Phi) is 4.94. The molecule has 2 heterocycles. The molecule has 1 aromatic carbocycles. The van der Waals surface area contributed by atoms with E-state index in [1.807, 2.05) is 18.9 Å². The van der Waals surface area contributed by atoms with Crippen LogP contribution in [0.15, 0.2) is 30.5 Å². The van der Waals surface area contributed by atoms with Gasteiger partial charge in [0.05, 0.1) is 23.1 Å². The summed E-state index contributed by atoms with van der Waals surface area (Å²) < 4.78 is 14.9. The van der Waals surface area contributed by atoms with E-state index in [2.05, 4.69) is 10.4 Å². The van der Waals surface area contributed by atoms with Crippen molar-refractivity contribution in [3.8, 4) is 5.69 Å². The molecule has 0 spiro atoms. The molecule has 0 radical (unpaired) electrons. The number of hydrogen-bond donors (Lipinski definition) is 1. The van der Waals surface area contributed by atoms with Crippen LogP contribution in [-0.2, 0) is 6.42 Å². The third kappa shape index (κ3) is 3.19. The summed E-state index contributed by atoms with van der Waals surface area (Å²) in [5.41, 5.74) is 2.27. The van der Waals surface area contributed by atoms with Crippen molar-refractivity contribution in [1.29, 1.82) is 0 Å². The molecule has 24 heavy (non-hydrogen) atoms. The topological polar surface area (TPSA) is 50.2 Å². The Labute approximate surface area is 141 Å². The Morgan fingerprint density at radius 3 is 2.54 bits per heavy atom. The highest BCUT2D eigenvalue weighted by Crippen LogP contribution is 2.20. The van der Waals surface area contributed by atoms with Crippen LogP contribution in [0.3, 0.4) is 0 Å². The highest BCUT2D eigenvalue weighted by molar-refractivity contribution is 5.95. The first-order valence-corrected chi connectivity index (χ1v) is 8.43. The molecule has 1 aliphatic heterocycles. The van der Waals surface area contributed by atoms with E-state index in [9.17, 15) is 9.18 Å². The van der Waals surface area contributed by atoms with E-state index in [1.165, 1.54) is 12.1 Å². The van der Waals surface area contributed by atoms with E-state index in [4.69, 9.17) is 0 Å². The minimum Gasteiger partial charge on any atom is -0.338 e. The summed E-state index contributed by atoms with van der Waals surface area (Å²) in [5, 5.41) is 7.64. The van der Waals surface area contributed by atoms with Crippen LogP contribution < -0.4 is 5.32 Å². The molecule has 1 amide bonds. The molecule has 1 saturated heterocycles. The Morgan fingerprint density at radius 2 is 1.96 bits per heavy atom. The second kappa shape index (κ2) is 7.13. The fraction of sp³-hybridized carbons (Fsp3) is 0.444. The number of nitrogens with zero attached hydrogens (tertiary/aromatic N) is 3. The van der Waals surface area contributed by atoms with Crippen molar-refractivity contribution in [1.82, 2.24) is 20.0 Å². The molecule has 0 unspecified atom stereocenters. The van der Waals surface area contributed by atoms with Crippen LogP contribution in [0.5, 0.6) is 0 Å². The number of amides is 1. The molecule has 1 N–H and O–H groups in total. The fourth-order valence-corrected chi connectivity index (χ4v) is 3.24. The lowest BCUT2D eigenvalue weighted by Crippen LogP contribution is -2.44. The Hall–Kier alpha value is -2.21. The average Bonchev–Trinajstić information content (AvgIpc) is 3.05. The van der Waals surface area contributed by atoms with Gasteiger partial charge in [0, 0.05) is 19.1 Å². The molecule has 0 atom stereocenters. The van der Waals surface area contributed by atoms with Gasteiger partial charge in [0.1, 0.15) is 5.82 Å². The van der Waals surface area contributed by atoms with Gasteiger partial charge >= 0.3 is 0 Å². The lowest BCUT2D eigenvalue weighted by atomic mass is 10.0. The quantitative estimate of drug-likeness (QED) is 0.936. The van der Waals surface area contributed by atoms with Crippen LogP contribution in [-0.4, -0.2) is 46.8 Å². The minimum absolute atomic E-state index is 0.0368. The molecular weight excluding hydrogens is 307 g/mol. The van der Waals surface area contributed by atoms with E-state index < -0.39 is 0 Å². The molecule has 6 heteroatoms. The third-order valence-corrected chi connectivity index (χ3v) is 4.70. The number of piperidine rings is 1. The molecule has 0 saturated carbocycles. The smallest absolute Gasteiger partial charge is 0.257 e. The molecule has 1 fully saturated rings. The number of hydrogen-bond acceptors (Lipinski definition) is 3. The Bertz CT molecular complexity index is 702.